The molecular formula is C21H19FN6O2. The molecule has 0 fully saturated rings. The predicted octanol–water partition coefficient (Wildman–Crippen LogP) is 3.26. The summed E-state index contributed by atoms with van der Waals surface area (Å²) in [5.41, 5.74) is 2.49. The number of benzene rings is 2. The minimum atomic E-state index is -0.427. The van der Waals surface area contributed by atoms with Crippen molar-refractivity contribution in [3.63, 3.8) is 0 Å². The number of anilines is 1. The maximum atomic E-state index is 12.9. The number of hydrogen-bond acceptors (Lipinski definition) is 5. The predicted molar refractivity (Wildman–Crippen MR) is 108 cm³/mol. The Labute approximate surface area is 171 Å². The Morgan fingerprint density at radius 1 is 1.07 bits per heavy atom. The van der Waals surface area contributed by atoms with Gasteiger partial charge in [0, 0.05) is 6.20 Å². The van der Waals surface area contributed by atoms with Crippen LogP contribution >= 0.6 is 0 Å². The van der Waals surface area contributed by atoms with Gasteiger partial charge in [-0.1, -0.05) is 24.3 Å². The molecule has 0 spiro atoms. The molecule has 2 aromatic heterocycles. The molecule has 8 nitrogen and oxygen atoms in total. The first-order valence-corrected chi connectivity index (χ1v) is 9.24. The first-order chi connectivity index (χ1) is 14.6. The lowest BCUT2D eigenvalue weighted by molar-refractivity contribution is 0.101. The number of amides is 1. The zero-order valence-corrected chi connectivity index (χ0v) is 16.2. The fourth-order valence-electron chi connectivity index (χ4n) is 2.78. The van der Waals surface area contributed by atoms with Crippen molar-refractivity contribution in [2.24, 2.45) is 0 Å². The Hall–Kier alpha value is -4.01. The van der Waals surface area contributed by atoms with E-state index in [9.17, 15) is 9.18 Å². The summed E-state index contributed by atoms with van der Waals surface area (Å²) in [6.45, 7) is 2.68. The van der Waals surface area contributed by atoms with Gasteiger partial charge in [0.2, 0.25) is 5.95 Å². The average molecular weight is 406 g/mol. The lowest BCUT2D eigenvalue weighted by atomic mass is 10.1. The maximum Gasteiger partial charge on any atom is 0.278 e. The summed E-state index contributed by atoms with van der Waals surface area (Å²) in [5.74, 6) is -0.0634. The van der Waals surface area contributed by atoms with E-state index in [2.05, 4.69) is 20.5 Å². The third-order valence-corrected chi connectivity index (χ3v) is 4.41. The number of ether oxygens (including phenoxy) is 1. The highest BCUT2D eigenvalue weighted by Gasteiger charge is 2.13. The van der Waals surface area contributed by atoms with Crippen LogP contribution in [0.15, 0.2) is 67.1 Å². The van der Waals surface area contributed by atoms with Gasteiger partial charge < -0.3 is 4.74 Å². The molecule has 1 N–H and O–H groups in total. The lowest BCUT2D eigenvalue weighted by Gasteiger charge is -2.05. The van der Waals surface area contributed by atoms with E-state index in [-0.39, 0.29) is 24.2 Å². The summed E-state index contributed by atoms with van der Waals surface area (Å²) in [6, 6.07) is 15.2. The molecule has 0 aliphatic carbocycles. The van der Waals surface area contributed by atoms with E-state index < -0.39 is 5.91 Å². The number of halogens is 1. The summed E-state index contributed by atoms with van der Waals surface area (Å²) in [5, 5.41) is 11.1. The van der Waals surface area contributed by atoms with E-state index in [0.717, 1.165) is 11.1 Å². The van der Waals surface area contributed by atoms with Crippen LogP contribution < -0.4 is 10.1 Å². The Bertz CT molecular complexity index is 1150. The van der Waals surface area contributed by atoms with Crippen LogP contribution in [0.3, 0.4) is 0 Å². The first-order valence-electron chi connectivity index (χ1n) is 9.24. The standard InChI is InChI=1S/C21H19FN6O2/c1-15-4-2-3-5-16(15)12-28-13-23-21(26-28)24-20(29)19-10-11-27(25-19)14-30-18-8-6-17(22)7-9-18/h2-11,13H,12,14H2,1H3,(H,24,26,29). The zero-order valence-electron chi connectivity index (χ0n) is 16.2. The molecule has 0 radical (unpaired) electrons. The van der Waals surface area contributed by atoms with Gasteiger partial charge in [-0.2, -0.15) is 5.10 Å². The minimum Gasteiger partial charge on any atom is -0.471 e. The topological polar surface area (TPSA) is 86.9 Å². The Balaban J connectivity index is 1.34. The van der Waals surface area contributed by atoms with Crippen LogP contribution in [0.1, 0.15) is 21.6 Å². The highest BCUT2D eigenvalue weighted by atomic mass is 19.1. The molecule has 0 atom stereocenters. The Morgan fingerprint density at radius 2 is 1.87 bits per heavy atom. The van der Waals surface area contributed by atoms with E-state index in [1.54, 1.807) is 23.3 Å². The number of aryl methyl sites for hydroxylation is 1. The van der Waals surface area contributed by atoms with Crippen molar-refractivity contribution in [2.45, 2.75) is 20.2 Å². The molecule has 0 aliphatic rings. The smallest absolute Gasteiger partial charge is 0.278 e. The molecule has 4 rings (SSSR count). The minimum absolute atomic E-state index is 0.0855. The summed E-state index contributed by atoms with van der Waals surface area (Å²) >= 11 is 0. The molecule has 1 amide bonds. The number of nitrogens with zero attached hydrogens (tertiary/aromatic N) is 5. The third kappa shape index (κ3) is 4.69. The van der Waals surface area contributed by atoms with Gasteiger partial charge in [-0.3, -0.25) is 10.1 Å². The number of carbonyl (C=O) groups excluding carboxylic acids is 1. The second kappa shape index (κ2) is 8.56. The average Bonchev–Trinajstić information content (AvgIpc) is 3.39. The van der Waals surface area contributed by atoms with Crippen molar-refractivity contribution in [3.05, 3.63) is 89.8 Å². The molecule has 0 saturated heterocycles. The van der Waals surface area contributed by atoms with Gasteiger partial charge in [-0.25, -0.2) is 18.7 Å². The van der Waals surface area contributed by atoms with Gasteiger partial charge in [0.05, 0.1) is 6.54 Å². The molecule has 4 aromatic rings. The molecule has 0 unspecified atom stereocenters. The van der Waals surface area contributed by atoms with E-state index in [4.69, 9.17) is 4.74 Å². The van der Waals surface area contributed by atoms with Crippen LogP contribution in [0.5, 0.6) is 5.75 Å². The van der Waals surface area contributed by atoms with E-state index in [1.807, 2.05) is 31.2 Å². The van der Waals surface area contributed by atoms with Crippen LogP contribution in [0, 0.1) is 12.7 Å². The SMILES string of the molecule is Cc1ccccc1Cn1cnc(NC(=O)c2ccn(COc3ccc(F)cc3)n2)n1. The summed E-state index contributed by atoms with van der Waals surface area (Å²) in [7, 11) is 0. The van der Waals surface area contributed by atoms with Crippen LogP contribution in [0.2, 0.25) is 0 Å². The lowest BCUT2D eigenvalue weighted by Crippen LogP contribution is -2.15. The monoisotopic (exact) mass is 406 g/mol. The second-order valence-corrected chi connectivity index (χ2v) is 6.61. The van der Waals surface area contributed by atoms with Crippen LogP contribution in [-0.2, 0) is 13.3 Å². The summed E-state index contributed by atoms with van der Waals surface area (Å²) < 4.78 is 21.5. The van der Waals surface area contributed by atoms with Crippen LogP contribution in [0.25, 0.3) is 0 Å². The van der Waals surface area contributed by atoms with Gasteiger partial charge in [-0.15, -0.1) is 5.10 Å². The highest BCUT2D eigenvalue weighted by molar-refractivity contribution is 6.01. The molecule has 0 bridgehead atoms. The van der Waals surface area contributed by atoms with Gasteiger partial charge in [0.1, 0.15) is 17.9 Å². The number of carbonyl (C=O) groups is 1. The van der Waals surface area contributed by atoms with Crippen molar-refractivity contribution in [1.82, 2.24) is 24.5 Å². The third-order valence-electron chi connectivity index (χ3n) is 4.41. The van der Waals surface area contributed by atoms with Gasteiger partial charge >= 0.3 is 0 Å². The highest BCUT2D eigenvalue weighted by Crippen LogP contribution is 2.12. The van der Waals surface area contributed by atoms with E-state index >= 15 is 0 Å². The van der Waals surface area contributed by atoms with Gasteiger partial charge in [0.15, 0.2) is 12.4 Å². The molecular weight excluding hydrogens is 387 g/mol. The maximum absolute atomic E-state index is 12.9. The molecule has 0 saturated carbocycles. The van der Waals surface area contributed by atoms with Crippen molar-refractivity contribution in [1.29, 1.82) is 0 Å². The normalized spacial score (nSPS) is 10.7. The molecule has 2 aromatic carbocycles. The van der Waals surface area contributed by atoms with E-state index in [0.29, 0.717) is 12.3 Å². The van der Waals surface area contributed by atoms with Crippen molar-refractivity contribution >= 4 is 11.9 Å². The quantitative estimate of drug-likeness (QED) is 0.509. The van der Waals surface area contributed by atoms with Crippen LogP contribution in [0.4, 0.5) is 10.3 Å². The first kappa shape index (κ1) is 19.3. The van der Waals surface area contributed by atoms with Crippen molar-refractivity contribution < 1.29 is 13.9 Å². The molecule has 152 valence electrons. The Morgan fingerprint density at radius 3 is 2.67 bits per heavy atom. The second-order valence-electron chi connectivity index (χ2n) is 6.61. The summed E-state index contributed by atoms with van der Waals surface area (Å²) in [4.78, 5) is 16.5. The fourth-order valence-corrected chi connectivity index (χ4v) is 2.78. The molecule has 2 heterocycles. The number of rotatable bonds is 7. The number of hydrogen-bond donors (Lipinski definition) is 1. The van der Waals surface area contributed by atoms with Gasteiger partial charge in [0.25, 0.3) is 5.91 Å². The number of nitrogens with one attached hydrogen (secondary N) is 1. The largest absolute Gasteiger partial charge is 0.471 e. The number of aromatic nitrogens is 5. The summed E-state index contributed by atoms with van der Waals surface area (Å²) in [6.07, 6.45) is 3.18. The molecule has 30 heavy (non-hydrogen) atoms. The zero-order chi connectivity index (χ0) is 20.9. The Kier molecular flexibility index (Phi) is 5.51. The molecule has 9 heteroatoms. The van der Waals surface area contributed by atoms with Gasteiger partial charge in [-0.05, 0) is 48.4 Å². The molecule has 0 aliphatic heterocycles. The van der Waals surface area contributed by atoms with E-state index in [1.165, 1.54) is 28.9 Å². The van der Waals surface area contributed by atoms with Crippen molar-refractivity contribution in [3.8, 4) is 5.75 Å². The van der Waals surface area contributed by atoms with Crippen molar-refractivity contribution in [2.75, 3.05) is 5.32 Å². The fraction of sp³-hybridized carbons (Fsp3) is 0.143. The van der Waals surface area contributed by atoms with Crippen LogP contribution in [-0.4, -0.2) is 30.5 Å².